The highest BCUT2D eigenvalue weighted by Gasteiger charge is 2.39. The number of Topliss-reactive ketones (excluding diaryl/α,β-unsaturated/α-hetero) is 1. The summed E-state index contributed by atoms with van der Waals surface area (Å²) >= 11 is 0. The van der Waals surface area contributed by atoms with Crippen molar-refractivity contribution in [3.8, 4) is 0 Å². The largest absolute Gasteiger partial charge is 0.474 e. The number of esters is 2. The quantitative estimate of drug-likeness (QED) is 0.0330. The van der Waals surface area contributed by atoms with Gasteiger partial charge in [-0.05, 0) is 80.5 Å². The van der Waals surface area contributed by atoms with Gasteiger partial charge in [0, 0.05) is 77.3 Å². The fourth-order valence-electron chi connectivity index (χ4n) is 10.4. The molecule has 4 aliphatic rings. The number of carbonyl (C=O) groups excluding carboxylic acids is 3. The van der Waals surface area contributed by atoms with Crippen molar-refractivity contribution in [2.24, 2.45) is 0 Å². The minimum atomic E-state index is -4.05. The number of nitrogens with zero attached hydrogens (tertiary/aromatic N) is 3. The Morgan fingerprint density at radius 1 is 0.822 bits per heavy atom. The molecule has 2 aromatic rings. The maximum absolute atomic E-state index is 14.0. The summed E-state index contributed by atoms with van der Waals surface area (Å²) in [6, 6.07) is 6.19. The lowest BCUT2D eigenvalue weighted by Crippen LogP contribution is -2.37. The zero-order chi connectivity index (χ0) is 52.9. The maximum atomic E-state index is 14.0. The molecule has 0 saturated carbocycles. The van der Waals surface area contributed by atoms with Crippen molar-refractivity contribution in [2.45, 2.75) is 175 Å². The van der Waals surface area contributed by atoms with Crippen LogP contribution >= 0.6 is 7.82 Å². The average molecular weight is 1030 g/mol. The molecule has 400 valence electrons. The van der Waals surface area contributed by atoms with Crippen molar-refractivity contribution in [2.75, 3.05) is 54.6 Å². The topological polar surface area (TPSA) is 172 Å². The van der Waals surface area contributed by atoms with Crippen molar-refractivity contribution in [1.29, 1.82) is 0 Å². The molecule has 2 N–H and O–H groups in total. The molecule has 14 nitrogen and oxygen atoms in total. The zero-order valence-corrected chi connectivity index (χ0v) is 46.7. The van der Waals surface area contributed by atoms with E-state index in [0.29, 0.717) is 35.1 Å². The second-order valence-electron chi connectivity index (χ2n) is 21.4. The number of carbonyl (C=O) groups is 3. The number of likely N-dealkylation sites (N-methyl/N-ethyl adjacent to an activating group) is 1. The summed E-state index contributed by atoms with van der Waals surface area (Å²) in [5.74, 6) is -1.29. The van der Waals surface area contributed by atoms with Crippen LogP contribution in [0.15, 0.2) is 30.9 Å². The van der Waals surface area contributed by atoms with Crippen LogP contribution in [0.25, 0.3) is 33.3 Å². The van der Waals surface area contributed by atoms with Gasteiger partial charge in [0.25, 0.3) is 0 Å². The molecular weight excluding hydrogens is 942 g/mol. The predicted molar refractivity (Wildman–Crippen MR) is 291 cm³/mol. The molecule has 4 atom stereocenters. The van der Waals surface area contributed by atoms with Gasteiger partial charge in [0.05, 0.1) is 50.5 Å². The maximum Gasteiger partial charge on any atom is 0.474 e. The number of hydrogen-bond donors (Lipinski definition) is 2. The highest BCUT2D eigenvalue weighted by atomic mass is 31.2. The Morgan fingerprint density at radius 3 is 2.10 bits per heavy atom. The number of aromatic amines is 2. The number of phosphoric acid groups is 1. The normalized spacial score (nSPS) is 17.3. The molecule has 6 rings (SSSR count). The monoisotopic (exact) mass is 1030 g/mol. The first kappa shape index (κ1) is 57.6. The van der Waals surface area contributed by atoms with Gasteiger partial charge in [-0.3, -0.25) is 28.0 Å². The van der Waals surface area contributed by atoms with Gasteiger partial charge in [-0.2, -0.15) is 0 Å². The van der Waals surface area contributed by atoms with E-state index in [0.717, 1.165) is 93.0 Å². The van der Waals surface area contributed by atoms with Crippen LogP contribution in [-0.4, -0.2) is 103 Å². The molecule has 0 fully saturated rings. The summed E-state index contributed by atoms with van der Waals surface area (Å²) in [6.07, 6.45) is 17.9. The molecule has 8 bridgehead atoms. The van der Waals surface area contributed by atoms with Crippen LogP contribution in [0.4, 0.5) is 0 Å². The first-order valence-electron chi connectivity index (χ1n) is 27.1. The van der Waals surface area contributed by atoms with E-state index in [1.54, 1.807) is 0 Å². The number of aromatic nitrogens is 4. The Labute approximate surface area is 435 Å². The lowest BCUT2D eigenvalue weighted by molar-refractivity contribution is -0.870. The second-order valence-corrected chi connectivity index (χ2v) is 23.2. The summed E-state index contributed by atoms with van der Waals surface area (Å²) in [6.45, 7) is 16.7. The Kier molecular flexibility index (Phi) is 21.0. The summed E-state index contributed by atoms with van der Waals surface area (Å²) in [5.41, 5.74) is 13.2. The molecule has 0 aromatic carbocycles. The van der Waals surface area contributed by atoms with Gasteiger partial charge in [-0.1, -0.05) is 110 Å². The molecule has 3 aliphatic heterocycles. The van der Waals surface area contributed by atoms with Crippen molar-refractivity contribution in [3.63, 3.8) is 0 Å². The number of nitrogens with one attached hydrogen (secondary N) is 2. The number of hydrogen-bond acceptors (Lipinski definition) is 11. The Morgan fingerprint density at radius 2 is 1.47 bits per heavy atom. The average Bonchev–Trinajstić information content (AvgIpc) is 4.11. The van der Waals surface area contributed by atoms with E-state index >= 15 is 0 Å². The molecule has 73 heavy (non-hydrogen) atoms. The summed E-state index contributed by atoms with van der Waals surface area (Å²) in [5, 5.41) is 0. The van der Waals surface area contributed by atoms with E-state index in [1.165, 1.54) is 70.5 Å². The number of aryl methyl sites for hydroxylation is 2. The Hall–Kier alpha value is -4.72. The van der Waals surface area contributed by atoms with Crippen molar-refractivity contribution in [3.05, 3.63) is 81.7 Å². The number of ketones is 1. The molecule has 0 spiro atoms. The number of H-pyrrole nitrogens is 2. The van der Waals surface area contributed by atoms with Gasteiger partial charge < -0.3 is 23.9 Å². The van der Waals surface area contributed by atoms with Crippen LogP contribution in [0.2, 0.25) is 0 Å². The number of phosphoric ester groups is 1. The lowest BCUT2D eigenvalue weighted by Gasteiger charge is -2.25. The van der Waals surface area contributed by atoms with Crippen LogP contribution in [0, 0.1) is 6.92 Å². The SMILES string of the molecule is C=CC1=C(C)c2cc3[nH]c(c4c5nc(cc6[nH]c(cc1n2)c(C)c6CC)C(C)=C5C(=O)C4)C(CCC(=O)OC(COC(=O)CCCCCCCCCCCCCCC)COP(=O)(OC)OCC[N+](C)(C)C)C3C. The third kappa shape index (κ3) is 15.2. The van der Waals surface area contributed by atoms with E-state index in [9.17, 15) is 18.9 Å². The van der Waals surface area contributed by atoms with Crippen molar-refractivity contribution in [1.82, 2.24) is 19.9 Å². The molecule has 4 unspecified atom stereocenters. The van der Waals surface area contributed by atoms with E-state index < -0.39 is 25.9 Å². The summed E-state index contributed by atoms with van der Waals surface area (Å²) in [4.78, 5) is 58.6. The molecular formula is C58H85N5O9P+. The van der Waals surface area contributed by atoms with Gasteiger partial charge >= 0.3 is 19.8 Å². The number of quaternary nitrogens is 1. The van der Waals surface area contributed by atoms with Crippen LogP contribution in [0.1, 0.15) is 200 Å². The molecule has 0 radical (unpaired) electrons. The van der Waals surface area contributed by atoms with Gasteiger partial charge in [-0.15, -0.1) is 0 Å². The number of unbranched alkanes of at least 4 members (excludes halogenated alkanes) is 12. The van der Waals surface area contributed by atoms with Gasteiger partial charge in [-0.25, -0.2) is 14.5 Å². The van der Waals surface area contributed by atoms with Gasteiger partial charge in [0.15, 0.2) is 11.9 Å². The molecule has 0 saturated heterocycles. The number of rotatable bonds is 30. The molecule has 15 heteroatoms. The number of fused-ring (bicyclic) bond motifs is 8. The van der Waals surface area contributed by atoms with Crippen LogP contribution in [0.5, 0.6) is 0 Å². The van der Waals surface area contributed by atoms with E-state index in [-0.39, 0.29) is 56.7 Å². The summed E-state index contributed by atoms with van der Waals surface area (Å²) in [7, 11) is 3.14. The summed E-state index contributed by atoms with van der Waals surface area (Å²) < 4.78 is 42.3. The van der Waals surface area contributed by atoms with Gasteiger partial charge in [0.2, 0.25) is 0 Å². The predicted octanol–water partition coefficient (Wildman–Crippen LogP) is 13.2. The first-order chi connectivity index (χ1) is 34.9. The van der Waals surface area contributed by atoms with Crippen LogP contribution < -0.4 is 0 Å². The fraction of sp³-hybridized carbons (Fsp3) is 0.603. The third-order valence-electron chi connectivity index (χ3n) is 14.9. The molecule has 2 aromatic heterocycles. The first-order valence-corrected chi connectivity index (χ1v) is 28.6. The van der Waals surface area contributed by atoms with Crippen molar-refractivity contribution >= 4 is 58.9 Å². The third-order valence-corrected chi connectivity index (χ3v) is 16.3. The van der Waals surface area contributed by atoms with E-state index in [4.69, 9.17) is 33.0 Å². The highest BCUT2D eigenvalue weighted by Crippen LogP contribution is 2.49. The lowest BCUT2D eigenvalue weighted by atomic mass is 9.85. The van der Waals surface area contributed by atoms with Crippen LogP contribution in [0.3, 0.4) is 0 Å². The molecule has 5 heterocycles. The smallest absolute Gasteiger partial charge is 0.462 e. The van der Waals surface area contributed by atoms with Crippen LogP contribution in [-0.2, 0) is 54.8 Å². The zero-order valence-electron chi connectivity index (χ0n) is 45.8. The minimum absolute atomic E-state index is 0.01000. The standard InChI is InChI=1S/C58H84N5O9P/c1-12-15-16-17-18-19-20-21-22-23-24-25-26-27-54(65)69-36-42(37-71-73(67,68-11)70-31-30-63(8,9)10)72-55(66)29-28-45-40(6)49-33-47-38(4)43(13-2)51(59-47)34-48-39(5)44(14-3)52(60-48)35-50-41(7)56-53(64)32-46(57(45)61-49)58(56)62-50/h13,33-35,40,42,45H,2,12,14-32,36-37H2,1,3-11H3,(H-,59,60,61,62,64)/p+1. The second kappa shape index (κ2) is 26.7. The van der Waals surface area contributed by atoms with Gasteiger partial charge in [0.1, 0.15) is 19.8 Å². The Balaban J connectivity index is 1.19. The van der Waals surface area contributed by atoms with Crippen molar-refractivity contribution < 1.29 is 46.5 Å². The van der Waals surface area contributed by atoms with E-state index in [2.05, 4.69) is 56.4 Å². The van der Waals surface area contributed by atoms with E-state index in [1.807, 2.05) is 47.1 Å². The number of allylic oxidation sites excluding steroid dienone is 5. The molecule has 1 aliphatic carbocycles. The fourth-order valence-corrected chi connectivity index (χ4v) is 11.3. The number of ether oxygens (including phenoxy) is 2. The minimum Gasteiger partial charge on any atom is -0.462 e. The highest BCUT2D eigenvalue weighted by molar-refractivity contribution is 7.48. The Bertz CT molecular complexity index is 2640. The molecule has 0 amide bonds.